The molecule has 0 aliphatic heterocycles. The lowest BCUT2D eigenvalue weighted by Gasteiger charge is -2.30. The molecule has 0 aliphatic rings. The Morgan fingerprint density at radius 1 is 0.313 bits per heavy atom. The second-order valence-electron chi connectivity index (χ2n) is 35.9. The van der Waals surface area contributed by atoms with E-state index in [1.165, 1.54) is 156 Å². The van der Waals surface area contributed by atoms with E-state index in [1.54, 1.807) is 0 Å². The van der Waals surface area contributed by atoms with Gasteiger partial charge in [0.1, 0.15) is 0 Å². The average molecular weight is 1300 g/mol. The summed E-state index contributed by atoms with van der Waals surface area (Å²) in [6.07, 6.45) is 8.67. The Bertz CT molecular complexity index is 4620. The van der Waals surface area contributed by atoms with Crippen molar-refractivity contribution in [1.29, 1.82) is 0 Å². The molecule has 0 nitrogen and oxygen atoms in total. The molecule has 99 heavy (non-hydrogen) atoms. The van der Waals surface area contributed by atoms with E-state index in [0.29, 0.717) is 5.92 Å². The third-order valence-electron chi connectivity index (χ3n) is 20.4. The summed E-state index contributed by atoms with van der Waals surface area (Å²) in [4.78, 5) is 0. The summed E-state index contributed by atoms with van der Waals surface area (Å²) >= 11 is 0. The van der Waals surface area contributed by atoms with E-state index in [-0.39, 0.29) is 37.9 Å². The quantitative estimate of drug-likeness (QED) is 0.101. The summed E-state index contributed by atoms with van der Waals surface area (Å²) in [5.74, 6) is 0.324. The molecule has 10 rings (SSSR count). The average Bonchev–Trinajstić information content (AvgIpc) is 0.719. The molecule has 0 spiro atoms. The van der Waals surface area contributed by atoms with Gasteiger partial charge in [-0.3, -0.25) is 0 Å². The molecule has 0 N–H and O–H groups in total. The summed E-state index contributed by atoms with van der Waals surface area (Å²) < 4.78 is 0. The third-order valence-corrected chi connectivity index (χ3v) is 20.4. The monoisotopic (exact) mass is 1300 g/mol. The number of hydrogen-bond acceptors (Lipinski definition) is 0. The highest BCUT2D eigenvalue weighted by Crippen LogP contribution is 2.55. The lowest BCUT2D eigenvalue weighted by Crippen LogP contribution is -2.16. The largest absolute Gasteiger partial charge is 0.0991 e. The second kappa shape index (κ2) is 27.5. The molecule has 510 valence electrons. The van der Waals surface area contributed by atoms with E-state index < -0.39 is 0 Å². The minimum absolute atomic E-state index is 0.0884. The van der Waals surface area contributed by atoms with Gasteiger partial charge in [-0.25, -0.2) is 0 Å². The van der Waals surface area contributed by atoms with Crippen LogP contribution in [0.5, 0.6) is 0 Å². The van der Waals surface area contributed by atoms with Gasteiger partial charge >= 0.3 is 0 Å². The van der Waals surface area contributed by atoms with E-state index in [1.807, 2.05) is 6.08 Å². The minimum atomic E-state index is -0.171. The Balaban J connectivity index is 1.52. The van der Waals surface area contributed by atoms with Gasteiger partial charge in [0.2, 0.25) is 0 Å². The van der Waals surface area contributed by atoms with Crippen LogP contribution in [0.3, 0.4) is 0 Å². The maximum absolute atomic E-state index is 4.15. The molecule has 0 heteroatoms. The normalized spacial score (nSPS) is 13.1. The van der Waals surface area contributed by atoms with Crippen LogP contribution >= 0.6 is 0 Å². The Kier molecular flexibility index (Phi) is 20.3. The molecule has 0 saturated carbocycles. The lowest BCUT2D eigenvalue weighted by atomic mass is 9.73. The van der Waals surface area contributed by atoms with Crippen molar-refractivity contribution in [1.82, 2.24) is 0 Å². The topological polar surface area (TPSA) is 0 Å². The van der Waals surface area contributed by atoms with E-state index in [0.717, 1.165) is 5.56 Å². The predicted octanol–water partition coefficient (Wildman–Crippen LogP) is 29.4. The second-order valence-corrected chi connectivity index (χ2v) is 35.9. The zero-order valence-corrected chi connectivity index (χ0v) is 65.1. The van der Waals surface area contributed by atoms with Crippen LogP contribution in [0.2, 0.25) is 0 Å². The molecule has 0 unspecified atom stereocenters. The summed E-state index contributed by atoms with van der Waals surface area (Å²) in [6.45, 7) is 63.2. The SMILES string of the molecule is C=C/C=C\C(=C\c1cc(-c2ccccc2C(C)(C)C)cc(-c2c(C)c(-c3ccccc3-c3cc(C(C)(C)C)cc(C(C)(C)C)c3)c(-c3cc(-c4ccccc4C(C)(C)C)cc(-c4ccccc4C(C)(C)C)c3)c(C)c2-c2ccccc2-c2cc(C(C)C)cc(C(C)(C)C)c2)c1)C(C)(C)C. The third kappa shape index (κ3) is 15.7. The van der Waals surface area contributed by atoms with Gasteiger partial charge in [-0.05, 0) is 255 Å². The smallest absolute Gasteiger partial charge is 0.00606 e. The Hall–Kier alpha value is -8.58. The lowest BCUT2D eigenvalue weighted by molar-refractivity contribution is 0.520. The van der Waals surface area contributed by atoms with Gasteiger partial charge in [-0.2, -0.15) is 0 Å². The molecule has 0 aliphatic carbocycles. The zero-order valence-electron chi connectivity index (χ0n) is 65.1. The first-order valence-corrected chi connectivity index (χ1v) is 36.4. The van der Waals surface area contributed by atoms with Crippen LogP contribution in [0.25, 0.3) is 106 Å². The van der Waals surface area contributed by atoms with Crippen molar-refractivity contribution in [2.75, 3.05) is 0 Å². The van der Waals surface area contributed by atoms with Crippen LogP contribution in [-0.4, -0.2) is 0 Å². The molecule has 10 aromatic rings. The van der Waals surface area contributed by atoms with Gasteiger partial charge in [0.05, 0.1) is 0 Å². The van der Waals surface area contributed by atoms with Crippen molar-refractivity contribution in [3.05, 3.63) is 280 Å². The van der Waals surface area contributed by atoms with Crippen molar-refractivity contribution < 1.29 is 0 Å². The van der Waals surface area contributed by atoms with Gasteiger partial charge in [0.15, 0.2) is 0 Å². The zero-order chi connectivity index (χ0) is 72.3. The van der Waals surface area contributed by atoms with Crippen LogP contribution in [0.15, 0.2) is 225 Å². The van der Waals surface area contributed by atoms with Crippen molar-refractivity contribution >= 4 is 6.08 Å². The maximum Gasteiger partial charge on any atom is -0.00606 e. The van der Waals surface area contributed by atoms with Crippen molar-refractivity contribution in [2.24, 2.45) is 5.41 Å². The van der Waals surface area contributed by atoms with Gasteiger partial charge < -0.3 is 0 Å². The highest BCUT2D eigenvalue weighted by molar-refractivity contribution is 6.07. The summed E-state index contributed by atoms with van der Waals surface area (Å²) in [6, 6.07) is 76.1. The fourth-order valence-corrected chi connectivity index (χ4v) is 14.7. The Labute approximate surface area is 599 Å². The van der Waals surface area contributed by atoms with Crippen LogP contribution < -0.4 is 0 Å². The Morgan fingerprint density at radius 3 is 0.970 bits per heavy atom. The molecule has 0 amide bonds. The van der Waals surface area contributed by atoms with E-state index in [4.69, 9.17) is 0 Å². The maximum atomic E-state index is 4.15. The first-order chi connectivity index (χ1) is 46.1. The molecule has 10 aromatic carbocycles. The van der Waals surface area contributed by atoms with Gasteiger partial charge in [0.25, 0.3) is 0 Å². The Morgan fingerprint density at radius 2 is 0.616 bits per heavy atom. The standard InChI is InChI=1S/C99H114/c1-27-28-39-75(93(6,7)8)52-66-50-68(81-42-33-36-47-86(81)97(18,19)20)55-73(51-66)89-64(4)92(85-46-32-30-41-80(85)72-60-77(95(12,13)14)62-78(61-72)96(15,16)17)90(65(5)91(89)84-45-31-29-40-79(84)71-53-67(63(2)3)58-76(59-71)94(9,10)11)74-56-69(82-43-34-37-48-87(82)98(21,22)23)54-70(57-74)83-44-35-38-49-88(83)99(24,25)26/h27-63H,1H2,2-26H3/b39-28-,75-52-. The van der Waals surface area contributed by atoms with Crippen LogP contribution in [0, 0.1) is 19.3 Å². The van der Waals surface area contributed by atoms with Gasteiger partial charge in [-0.15, -0.1) is 0 Å². The molecule has 0 radical (unpaired) electrons. The van der Waals surface area contributed by atoms with Crippen LogP contribution in [0.1, 0.15) is 221 Å². The summed E-state index contributed by atoms with van der Waals surface area (Å²) in [5.41, 5.74) is 35.1. The molecule has 0 aromatic heterocycles. The van der Waals surface area contributed by atoms with Crippen molar-refractivity contribution in [3.63, 3.8) is 0 Å². The molecular weight excluding hydrogens is 1190 g/mol. The van der Waals surface area contributed by atoms with Crippen LogP contribution in [0.4, 0.5) is 0 Å². The summed E-state index contributed by atoms with van der Waals surface area (Å²) in [7, 11) is 0. The molecule has 0 saturated heterocycles. The number of hydrogen-bond donors (Lipinski definition) is 0. The van der Waals surface area contributed by atoms with Crippen molar-refractivity contribution in [3.8, 4) is 100 Å². The molecule has 0 heterocycles. The highest BCUT2D eigenvalue weighted by atomic mass is 14.4. The van der Waals surface area contributed by atoms with E-state index in [2.05, 4.69) is 392 Å². The minimum Gasteiger partial charge on any atom is -0.0991 e. The first-order valence-electron chi connectivity index (χ1n) is 36.4. The van der Waals surface area contributed by atoms with Gasteiger partial charge in [-0.1, -0.05) is 348 Å². The number of allylic oxidation sites excluding steroid dienone is 4. The number of benzene rings is 10. The number of rotatable bonds is 13. The molecule has 0 bridgehead atoms. The van der Waals surface area contributed by atoms with Gasteiger partial charge in [0, 0.05) is 0 Å². The fourth-order valence-electron chi connectivity index (χ4n) is 14.7. The molecule has 0 atom stereocenters. The van der Waals surface area contributed by atoms with E-state index in [9.17, 15) is 0 Å². The van der Waals surface area contributed by atoms with E-state index >= 15 is 0 Å². The van der Waals surface area contributed by atoms with Crippen molar-refractivity contribution in [2.45, 2.75) is 212 Å². The highest BCUT2D eigenvalue weighted by Gasteiger charge is 2.32. The summed E-state index contributed by atoms with van der Waals surface area (Å²) in [5, 5.41) is 0. The predicted molar refractivity (Wildman–Crippen MR) is 438 cm³/mol. The van der Waals surface area contributed by atoms with Crippen LogP contribution in [-0.2, 0) is 32.5 Å². The molecule has 0 fully saturated rings. The fraction of sp³-hybridized carbons (Fsp3) is 0.333. The first kappa shape index (κ1) is 73.1. The molecular formula is C99H114.